The summed E-state index contributed by atoms with van der Waals surface area (Å²) >= 11 is 0. The number of aryl methyl sites for hydroxylation is 1. The van der Waals surface area contributed by atoms with E-state index in [4.69, 9.17) is 0 Å². The summed E-state index contributed by atoms with van der Waals surface area (Å²) in [4.78, 5) is 11.3. The second-order valence-electron chi connectivity index (χ2n) is 11.1. The highest BCUT2D eigenvalue weighted by Crippen LogP contribution is 2.39. The molecule has 2 bridgehead atoms. The van der Waals surface area contributed by atoms with Crippen LogP contribution in [0.15, 0.2) is 78.1 Å². The van der Waals surface area contributed by atoms with E-state index < -0.39 is 21.7 Å². The molecule has 2 aliphatic rings. The average Bonchev–Trinajstić information content (AvgIpc) is 3.47. The number of rotatable bonds is 9. The number of nitrogens with one attached hydrogen (secondary N) is 2. The lowest BCUT2D eigenvalue weighted by atomic mass is 9.97. The smallest absolute Gasteiger partial charge is 0.243 e. The Labute approximate surface area is 244 Å². The van der Waals surface area contributed by atoms with Crippen molar-refractivity contribution in [2.24, 2.45) is 7.05 Å². The molecule has 12 heteroatoms. The molecule has 2 unspecified atom stereocenters. The van der Waals surface area contributed by atoms with E-state index in [2.05, 4.69) is 48.5 Å². The fourth-order valence-electron chi connectivity index (χ4n) is 6.08. The number of fused-ring (bicyclic) bond motifs is 2. The fourth-order valence-corrected chi connectivity index (χ4v) is 7.46. The van der Waals surface area contributed by atoms with Crippen molar-refractivity contribution in [3.63, 3.8) is 0 Å². The van der Waals surface area contributed by atoms with E-state index in [9.17, 15) is 17.2 Å². The Morgan fingerprint density at radius 2 is 1.67 bits per heavy atom. The number of sulfonamides is 1. The number of nitrogens with zero attached hydrogens (tertiary/aromatic N) is 5. The average molecular weight is 594 g/mol. The summed E-state index contributed by atoms with van der Waals surface area (Å²) in [6.45, 7) is 0.904. The van der Waals surface area contributed by atoms with Gasteiger partial charge in [0, 0.05) is 74.8 Å². The van der Waals surface area contributed by atoms with Crippen molar-refractivity contribution in [1.82, 2.24) is 23.7 Å². The summed E-state index contributed by atoms with van der Waals surface area (Å²) < 4.78 is 57.5. The molecule has 0 amide bonds. The Hall–Kier alpha value is -3.87. The maximum atomic E-state index is 13.6. The largest absolute Gasteiger partial charge is 0.357 e. The highest BCUT2D eigenvalue weighted by molar-refractivity contribution is 7.89. The highest BCUT2D eigenvalue weighted by atomic mass is 32.2. The van der Waals surface area contributed by atoms with Gasteiger partial charge in [-0.3, -0.25) is 4.90 Å². The Bertz CT molecular complexity index is 1670. The molecule has 0 radical (unpaired) electrons. The summed E-state index contributed by atoms with van der Waals surface area (Å²) in [6.07, 6.45) is 9.58. The summed E-state index contributed by atoms with van der Waals surface area (Å²) in [7, 11) is 0.0346. The molecule has 2 atom stereocenters. The van der Waals surface area contributed by atoms with Crippen LogP contribution in [0.5, 0.6) is 0 Å². The molecule has 2 fully saturated rings. The summed E-state index contributed by atoms with van der Waals surface area (Å²) in [6, 6.07) is 14.4. The third kappa shape index (κ3) is 5.87. The van der Waals surface area contributed by atoms with Crippen molar-refractivity contribution >= 4 is 33.2 Å². The summed E-state index contributed by atoms with van der Waals surface area (Å²) in [5.41, 5.74) is 2.24. The van der Waals surface area contributed by atoms with Gasteiger partial charge >= 0.3 is 0 Å². The summed E-state index contributed by atoms with van der Waals surface area (Å²) in [5.74, 6) is -1.26. The zero-order chi connectivity index (χ0) is 29.4. The van der Waals surface area contributed by atoms with Crippen molar-refractivity contribution in [1.29, 1.82) is 0 Å². The van der Waals surface area contributed by atoms with Crippen LogP contribution in [0.4, 0.5) is 31.9 Å². The van der Waals surface area contributed by atoms with Gasteiger partial charge in [-0.25, -0.2) is 22.2 Å². The van der Waals surface area contributed by atoms with Crippen molar-refractivity contribution in [2.75, 3.05) is 17.7 Å². The molecule has 6 rings (SSSR count). The predicted octanol–water partition coefficient (Wildman–Crippen LogP) is 5.40. The number of halogens is 2. The van der Waals surface area contributed by atoms with Crippen LogP contribution < -0.4 is 10.6 Å². The molecule has 4 heterocycles. The maximum absolute atomic E-state index is 13.6. The van der Waals surface area contributed by atoms with E-state index in [1.54, 1.807) is 41.7 Å². The van der Waals surface area contributed by atoms with Crippen molar-refractivity contribution in [2.45, 2.75) is 55.2 Å². The van der Waals surface area contributed by atoms with Gasteiger partial charge in [0.2, 0.25) is 16.0 Å². The molecular weight excluding hydrogens is 560 g/mol. The van der Waals surface area contributed by atoms with E-state index in [-0.39, 0.29) is 16.9 Å². The topological polar surface area (TPSA) is 95.4 Å². The molecule has 2 N–H and O–H groups in total. The van der Waals surface area contributed by atoms with Gasteiger partial charge in [-0.2, -0.15) is 9.29 Å². The first-order valence-electron chi connectivity index (χ1n) is 13.9. The first kappa shape index (κ1) is 28.3. The molecule has 42 heavy (non-hydrogen) atoms. The minimum absolute atomic E-state index is 0.0458. The number of hydrogen-bond donors (Lipinski definition) is 2. The van der Waals surface area contributed by atoms with Gasteiger partial charge in [0.25, 0.3) is 0 Å². The third-order valence-corrected chi connectivity index (χ3v) is 10.2. The van der Waals surface area contributed by atoms with Gasteiger partial charge in [0.1, 0.15) is 5.82 Å². The molecule has 4 aromatic rings. The Morgan fingerprint density at radius 3 is 2.33 bits per heavy atom. The monoisotopic (exact) mass is 593 g/mol. The van der Waals surface area contributed by atoms with Crippen molar-refractivity contribution < 1.29 is 17.2 Å². The first-order chi connectivity index (χ1) is 20.2. The second-order valence-corrected chi connectivity index (χ2v) is 13.1. The number of piperidine rings is 1. The molecule has 2 aromatic carbocycles. The second kappa shape index (κ2) is 11.4. The van der Waals surface area contributed by atoms with Gasteiger partial charge in [-0.05, 0) is 79.8 Å². The van der Waals surface area contributed by atoms with Gasteiger partial charge in [0.15, 0.2) is 11.6 Å². The lowest BCUT2D eigenvalue weighted by Gasteiger charge is -2.41. The van der Waals surface area contributed by atoms with Crippen LogP contribution in [-0.2, 0) is 23.6 Å². The van der Waals surface area contributed by atoms with E-state index in [1.165, 1.54) is 17.8 Å². The molecule has 0 spiro atoms. The Morgan fingerprint density at radius 1 is 0.952 bits per heavy atom. The summed E-state index contributed by atoms with van der Waals surface area (Å²) in [5, 5.41) is 5.97. The van der Waals surface area contributed by atoms with Crippen molar-refractivity contribution in [3.05, 3.63) is 90.4 Å². The molecular formula is C30H33F2N7O2S. The number of anilines is 4. The molecule has 220 valence electrons. The molecule has 0 saturated carbocycles. The Balaban J connectivity index is 1.09. The normalized spacial score (nSPS) is 20.6. The Kier molecular flexibility index (Phi) is 7.69. The lowest BCUT2D eigenvalue weighted by molar-refractivity contribution is 0.0906. The quantitative estimate of drug-likeness (QED) is 0.269. The van der Waals surface area contributed by atoms with Crippen LogP contribution >= 0.6 is 0 Å². The van der Waals surface area contributed by atoms with E-state index in [0.717, 1.165) is 44.4 Å². The minimum Gasteiger partial charge on any atom is -0.357 e. The molecule has 2 aromatic heterocycles. The number of benzene rings is 2. The zero-order valence-corrected chi connectivity index (χ0v) is 24.2. The van der Waals surface area contributed by atoms with Gasteiger partial charge in [-0.15, -0.1) is 0 Å². The van der Waals surface area contributed by atoms with E-state index >= 15 is 0 Å². The van der Waals surface area contributed by atoms with Crippen LogP contribution in [0, 0.1) is 11.6 Å². The minimum atomic E-state index is -3.68. The first-order valence-corrected chi connectivity index (χ1v) is 15.4. The lowest BCUT2D eigenvalue weighted by Crippen LogP contribution is -2.50. The molecule has 2 saturated heterocycles. The number of hydrogen-bond acceptors (Lipinski definition) is 7. The van der Waals surface area contributed by atoms with Crippen molar-refractivity contribution in [3.8, 4) is 0 Å². The van der Waals surface area contributed by atoms with E-state index in [0.29, 0.717) is 29.3 Å². The van der Waals surface area contributed by atoms with Gasteiger partial charge in [0.05, 0.1) is 4.90 Å². The fraction of sp³-hybridized carbons (Fsp3) is 0.333. The van der Waals surface area contributed by atoms with Crippen LogP contribution in [0.1, 0.15) is 31.2 Å². The van der Waals surface area contributed by atoms with Gasteiger partial charge < -0.3 is 15.2 Å². The van der Waals surface area contributed by atoms with Crippen LogP contribution in [0.25, 0.3) is 0 Å². The zero-order valence-electron chi connectivity index (χ0n) is 23.4. The number of aromatic nitrogens is 3. The standard InChI is InChI=1S/C30H33F2N7O2S/c1-37-14-12-20(18-37)19-39-23-6-7-24(39)17-25(16-23)38(2)42(40,41)26-8-3-21(4-9-26)35-30-33-13-11-29(36-30)34-22-5-10-27(31)28(32)15-22/h3-5,8-15,18,23-25H,6-7,16-17,19H2,1-2H3,(H2,33,34,35,36). The van der Waals surface area contributed by atoms with Crippen LogP contribution in [0.3, 0.4) is 0 Å². The molecule has 9 nitrogen and oxygen atoms in total. The van der Waals surface area contributed by atoms with Crippen LogP contribution in [-0.4, -0.2) is 57.3 Å². The predicted molar refractivity (Wildman–Crippen MR) is 157 cm³/mol. The van der Waals surface area contributed by atoms with Crippen LogP contribution in [0.2, 0.25) is 0 Å². The third-order valence-electron chi connectivity index (χ3n) is 8.27. The SMILES string of the molecule is CN(C1CC2CCC(C1)N2Cc1ccn(C)c1)S(=O)(=O)c1ccc(Nc2nccc(Nc3ccc(F)c(F)c3)n2)cc1. The molecule has 2 aliphatic heterocycles. The highest BCUT2D eigenvalue weighted by Gasteiger charge is 2.44. The molecule has 0 aliphatic carbocycles. The maximum Gasteiger partial charge on any atom is 0.243 e. The van der Waals surface area contributed by atoms with E-state index in [1.807, 2.05) is 7.05 Å². The van der Waals surface area contributed by atoms with Gasteiger partial charge in [-0.1, -0.05) is 0 Å².